The highest BCUT2D eigenvalue weighted by atomic mass is 35.5. The highest BCUT2D eigenvalue weighted by molar-refractivity contribution is 7.99. The summed E-state index contributed by atoms with van der Waals surface area (Å²) in [4.78, 5) is 12.3. The van der Waals surface area contributed by atoms with Crippen LogP contribution in [0.25, 0.3) is 0 Å². The van der Waals surface area contributed by atoms with Crippen LogP contribution < -0.4 is 10.1 Å². The molecule has 0 saturated heterocycles. The number of nitrogens with one attached hydrogen (secondary N) is 1. The number of hydrogen-bond donors (Lipinski definition) is 1. The molecule has 0 unspecified atom stereocenters. The highest BCUT2D eigenvalue weighted by Crippen LogP contribution is 2.24. The second kappa shape index (κ2) is 9.33. The number of amides is 1. The molecule has 1 amide bonds. The van der Waals surface area contributed by atoms with E-state index in [4.69, 9.17) is 16.3 Å². The molecule has 0 fully saturated rings. The Morgan fingerprint density at radius 2 is 2.00 bits per heavy atom. The lowest BCUT2D eigenvalue weighted by Crippen LogP contribution is -2.15. The Morgan fingerprint density at radius 3 is 2.76 bits per heavy atom. The summed E-state index contributed by atoms with van der Waals surface area (Å²) < 4.78 is 7.72. The van der Waals surface area contributed by atoms with Crippen LogP contribution in [0.2, 0.25) is 5.02 Å². The first-order valence-corrected chi connectivity index (χ1v) is 10.5. The zero-order valence-electron chi connectivity index (χ0n) is 16.8. The van der Waals surface area contributed by atoms with E-state index in [1.54, 1.807) is 6.07 Å². The van der Waals surface area contributed by atoms with Gasteiger partial charge in [-0.25, -0.2) is 0 Å². The summed E-state index contributed by atoms with van der Waals surface area (Å²) in [6, 6.07) is 11.5. The summed E-state index contributed by atoms with van der Waals surface area (Å²) >= 11 is 7.42. The molecule has 3 aromatic rings. The van der Waals surface area contributed by atoms with Crippen LogP contribution in [0.3, 0.4) is 0 Å². The maximum atomic E-state index is 12.3. The number of nitrogens with zero attached hydrogens (tertiary/aromatic N) is 3. The van der Waals surface area contributed by atoms with Gasteiger partial charge in [0.05, 0.1) is 5.75 Å². The number of hydrogen-bond acceptors (Lipinski definition) is 5. The number of carbonyl (C=O) groups excluding carboxylic acids is 1. The smallest absolute Gasteiger partial charge is 0.234 e. The van der Waals surface area contributed by atoms with Crippen LogP contribution >= 0.6 is 23.4 Å². The van der Waals surface area contributed by atoms with Gasteiger partial charge in [-0.05, 0) is 50.1 Å². The molecule has 0 aliphatic heterocycles. The number of thioether (sulfide) groups is 1. The number of aryl methyl sites for hydroxylation is 2. The molecule has 0 aliphatic carbocycles. The standard InChI is InChI=1S/C21H23ClN4O2S/c1-13-8-9-18(14(2)10-13)28-11-19-24-25-21(26(19)4)29-12-20(27)23-17-7-5-6-16(22)15(17)3/h5-10H,11-12H2,1-4H3,(H,23,27). The molecular formula is C21H23ClN4O2S. The van der Waals surface area contributed by atoms with E-state index < -0.39 is 0 Å². The molecule has 152 valence electrons. The van der Waals surface area contributed by atoms with E-state index in [0.29, 0.717) is 28.3 Å². The maximum Gasteiger partial charge on any atom is 0.234 e. The number of rotatable bonds is 7. The first-order valence-electron chi connectivity index (χ1n) is 9.11. The fourth-order valence-electron chi connectivity index (χ4n) is 2.76. The summed E-state index contributed by atoms with van der Waals surface area (Å²) in [5, 5.41) is 12.5. The summed E-state index contributed by atoms with van der Waals surface area (Å²) in [6.07, 6.45) is 0. The Hall–Kier alpha value is -2.51. The second-order valence-electron chi connectivity index (χ2n) is 6.76. The second-order valence-corrected chi connectivity index (χ2v) is 8.11. The normalized spacial score (nSPS) is 10.8. The van der Waals surface area contributed by atoms with Crippen molar-refractivity contribution in [3.8, 4) is 5.75 Å². The topological polar surface area (TPSA) is 69.0 Å². The summed E-state index contributed by atoms with van der Waals surface area (Å²) in [5.74, 6) is 1.61. The Labute approximate surface area is 179 Å². The first-order chi connectivity index (χ1) is 13.8. The lowest BCUT2D eigenvalue weighted by molar-refractivity contribution is -0.113. The fraction of sp³-hybridized carbons (Fsp3) is 0.286. The monoisotopic (exact) mass is 430 g/mol. The van der Waals surface area contributed by atoms with Crippen LogP contribution in [0.1, 0.15) is 22.5 Å². The molecule has 6 nitrogen and oxygen atoms in total. The molecule has 8 heteroatoms. The van der Waals surface area contributed by atoms with Gasteiger partial charge in [0, 0.05) is 17.8 Å². The van der Waals surface area contributed by atoms with E-state index >= 15 is 0 Å². The van der Waals surface area contributed by atoms with Crippen LogP contribution in [0.15, 0.2) is 41.6 Å². The summed E-state index contributed by atoms with van der Waals surface area (Å²) in [7, 11) is 1.86. The number of anilines is 1. The van der Waals surface area contributed by atoms with Gasteiger partial charge in [-0.2, -0.15) is 0 Å². The Morgan fingerprint density at radius 1 is 1.21 bits per heavy atom. The van der Waals surface area contributed by atoms with Crippen molar-refractivity contribution in [2.45, 2.75) is 32.5 Å². The number of aromatic nitrogens is 3. The molecule has 0 radical (unpaired) electrons. The van der Waals surface area contributed by atoms with Crippen molar-refractivity contribution < 1.29 is 9.53 Å². The van der Waals surface area contributed by atoms with Gasteiger partial charge in [0.15, 0.2) is 11.0 Å². The molecule has 0 aliphatic rings. The largest absolute Gasteiger partial charge is 0.485 e. The fourth-order valence-corrected chi connectivity index (χ4v) is 3.66. The molecule has 0 saturated carbocycles. The Kier molecular flexibility index (Phi) is 6.82. The molecule has 1 N–H and O–H groups in total. The van der Waals surface area contributed by atoms with Gasteiger partial charge in [-0.15, -0.1) is 10.2 Å². The third-order valence-electron chi connectivity index (χ3n) is 4.49. The minimum atomic E-state index is -0.128. The van der Waals surface area contributed by atoms with Gasteiger partial charge in [0.1, 0.15) is 12.4 Å². The summed E-state index contributed by atoms with van der Waals surface area (Å²) in [6.45, 7) is 6.24. The SMILES string of the molecule is Cc1ccc(OCc2nnc(SCC(=O)Nc3cccc(Cl)c3C)n2C)c(C)c1. The molecule has 3 rings (SSSR count). The third kappa shape index (κ3) is 5.31. The molecule has 2 aromatic carbocycles. The molecular weight excluding hydrogens is 408 g/mol. The first kappa shape index (κ1) is 21.2. The van der Waals surface area contributed by atoms with Gasteiger partial charge in [-0.1, -0.05) is 47.1 Å². The molecule has 0 spiro atoms. The quantitative estimate of drug-likeness (QED) is 0.550. The van der Waals surface area contributed by atoms with E-state index in [-0.39, 0.29) is 11.7 Å². The van der Waals surface area contributed by atoms with E-state index in [1.807, 2.05) is 56.7 Å². The lowest BCUT2D eigenvalue weighted by Gasteiger charge is -2.10. The molecule has 0 atom stereocenters. The van der Waals surface area contributed by atoms with Crippen molar-refractivity contribution in [3.05, 3.63) is 63.9 Å². The van der Waals surface area contributed by atoms with Gasteiger partial charge in [0.2, 0.25) is 5.91 Å². The number of benzene rings is 2. The minimum absolute atomic E-state index is 0.128. The average molecular weight is 431 g/mol. The zero-order chi connectivity index (χ0) is 21.0. The van der Waals surface area contributed by atoms with E-state index in [0.717, 1.165) is 16.9 Å². The van der Waals surface area contributed by atoms with Gasteiger partial charge < -0.3 is 14.6 Å². The Balaban J connectivity index is 1.56. The number of halogens is 1. The van der Waals surface area contributed by atoms with E-state index in [9.17, 15) is 4.79 Å². The predicted molar refractivity (Wildman–Crippen MR) is 117 cm³/mol. The number of ether oxygens (including phenoxy) is 1. The molecule has 1 aromatic heterocycles. The minimum Gasteiger partial charge on any atom is -0.485 e. The molecule has 1 heterocycles. The van der Waals surface area contributed by atoms with Gasteiger partial charge in [0.25, 0.3) is 0 Å². The van der Waals surface area contributed by atoms with Crippen LogP contribution in [0.5, 0.6) is 5.75 Å². The Bertz CT molecular complexity index is 1040. The third-order valence-corrected chi connectivity index (χ3v) is 5.92. The molecule has 0 bridgehead atoms. The van der Waals surface area contributed by atoms with Crippen molar-refractivity contribution in [2.24, 2.45) is 7.05 Å². The van der Waals surface area contributed by atoms with E-state index in [2.05, 4.69) is 21.6 Å². The predicted octanol–water partition coefficient (Wildman–Crippen LogP) is 4.70. The van der Waals surface area contributed by atoms with Crippen molar-refractivity contribution in [3.63, 3.8) is 0 Å². The van der Waals surface area contributed by atoms with Gasteiger partial charge in [-0.3, -0.25) is 4.79 Å². The maximum absolute atomic E-state index is 12.3. The number of carbonyl (C=O) groups is 1. The van der Waals surface area contributed by atoms with E-state index in [1.165, 1.54) is 17.3 Å². The lowest BCUT2D eigenvalue weighted by atomic mass is 10.1. The van der Waals surface area contributed by atoms with Gasteiger partial charge >= 0.3 is 0 Å². The van der Waals surface area contributed by atoms with Crippen molar-refractivity contribution in [2.75, 3.05) is 11.1 Å². The van der Waals surface area contributed by atoms with Crippen molar-refractivity contribution in [1.82, 2.24) is 14.8 Å². The summed E-state index contributed by atoms with van der Waals surface area (Å²) in [5.41, 5.74) is 3.83. The van der Waals surface area contributed by atoms with Crippen LogP contribution in [0.4, 0.5) is 5.69 Å². The highest BCUT2D eigenvalue weighted by Gasteiger charge is 2.13. The van der Waals surface area contributed by atoms with Crippen LogP contribution in [0, 0.1) is 20.8 Å². The van der Waals surface area contributed by atoms with Crippen molar-refractivity contribution >= 4 is 35.0 Å². The zero-order valence-corrected chi connectivity index (χ0v) is 18.4. The average Bonchev–Trinajstić information content (AvgIpc) is 3.03. The van der Waals surface area contributed by atoms with Crippen LogP contribution in [-0.2, 0) is 18.4 Å². The van der Waals surface area contributed by atoms with Crippen molar-refractivity contribution in [1.29, 1.82) is 0 Å². The molecule has 29 heavy (non-hydrogen) atoms. The van der Waals surface area contributed by atoms with Crippen LogP contribution in [-0.4, -0.2) is 26.4 Å².